The largest absolute Gasteiger partial charge is 0.370 e. The van der Waals surface area contributed by atoms with Gasteiger partial charge in [0.15, 0.2) is 5.96 Å². The molecular weight excluding hydrogens is 286 g/mol. The molecule has 0 radical (unpaired) electrons. The molecule has 122 valence electrons. The highest BCUT2D eigenvalue weighted by molar-refractivity contribution is 5.78. The number of piperidine rings is 1. The standard InChI is InChI=1S/C18H25N5/c1-14-5-4-8-23(12-14)18(19)20-10-15-6-3-7-16(9-15)17-11-21-22(2)13-17/h3,6-7,9,11,13-14H,4-5,8,10,12H2,1-2H3,(H2,19,20). The van der Waals surface area contributed by atoms with Gasteiger partial charge >= 0.3 is 0 Å². The van der Waals surface area contributed by atoms with E-state index in [1.807, 2.05) is 24.1 Å². The molecule has 0 saturated carbocycles. The van der Waals surface area contributed by atoms with E-state index >= 15 is 0 Å². The molecule has 1 aliphatic heterocycles. The highest BCUT2D eigenvalue weighted by Gasteiger charge is 2.17. The van der Waals surface area contributed by atoms with E-state index in [4.69, 9.17) is 5.73 Å². The van der Waals surface area contributed by atoms with Gasteiger partial charge in [0.2, 0.25) is 0 Å². The Bertz CT molecular complexity index is 688. The highest BCUT2D eigenvalue weighted by Crippen LogP contribution is 2.20. The van der Waals surface area contributed by atoms with Gasteiger partial charge in [0.1, 0.15) is 0 Å². The number of guanidine groups is 1. The average molecular weight is 311 g/mol. The zero-order valence-electron chi connectivity index (χ0n) is 13.9. The summed E-state index contributed by atoms with van der Waals surface area (Å²) in [5, 5.41) is 4.23. The lowest BCUT2D eigenvalue weighted by molar-refractivity contribution is 0.270. The molecule has 1 aromatic carbocycles. The molecule has 2 N–H and O–H groups in total. The monoisotopic (exact) mass is 311 g/mol. The molecule has 1 saturated heterocycles. The third kappa shape index (κ3) is 3.92. The van der Waals surface area contributed by atoms with E-state index in [1.165, 1.54) is 18.4 Å². The van der Waals surface area contributed by atoms with Gasteiger partial charge in [0.25, 0.3) is 0 Å². The van der Waals surface area contributed by atoms with Crippen molar-refractivity contribution in [1.29, 1.82) is 0 Å². The summed E-state index contributed by atoms with van der Waals surface area (Å²) in [7, 11) is 1.93. The van der Waals surface area contributed by atoms with Crippen LogP contribution in [0.1, 0.15) is 25.3 Å². The number of aryl methyl sites for hydroxylation is 1. The molecule has 0 amide bonds. The summed E-state index contributed by atoms with van der Waals surface area (Å²) in [5.74, 6) is 1.37. The van der Waals surface area contributed by atoms with Gasteiger partial charge in [-0.2, -0.15) is 5.10 Å². The van der Waals surface area contributed by atoms with E-state index in [0.717, 1.165) is 24.2 Å². The zero-order chi connectivity index (χ0) is 16.2. The second kappa shape index (κ2) is 6.86. The predicted molar refractivity (Wildman–Crippen MR) is 93.9 cm³/mol. The maximum Gasteiger partial charge on any atom is 0.191 e. The first-order valence-corrected chi connectivity index (χ1v) is 8.24. The molecule has 23 heavy (non-hydrogen) atoms. The van der Waals surface area contributed by atoms with Crippen LogP contribution in [0.4, 0.5) is 0 Å². The molecule has 3 rings (SSSR count). The molecule has 1 aromatic heterocycles. The normalized spacial score (nSPS) is 19.1. The molecule has 0 aliphatic carbocycles. The molecule has 2 aromatic rings. The van der Waals surface area contributed by atoms with Crippen molar-refractivity contribution in [3.8, 4) is 11.1 Å². The predicted octanol–water partition coefficient (Wildman–Crippen LogP) is 2.63. The van der Waals surface area contributed by atoms with Gasteiger partial charge in [-0.25, -0.2) is 4.99 Å². The minimum absolute atomic E-state index is 0.616. The Labute approximate surface area is 137 Å². The van der Waals surface area contributed by atoms with Crippen molar-refractivity contribution in [3.63, 3.8) is 0 Å². The minimum Gasteiger partial charge on any atom is -0.370 e. The lowest BCUT2D eigenvalue weighted by Crippen LogP contribution is -2.43. The van der Waals surface area contributed by atoms with Crippen LogP contribution < -0.4 is 5.73 Å². The molecule has 5 nitrogen and oxygen atoms in total. The van der Waals surface area contributed by atoms with Gasteiger partial charge in [-0.3, -0.25) is 4.68 Å². The van der Waals surface area contributed by atoms with Crippen LogP contribution in [-0.2, 0) is 13.6 Å². The van der Waals surface area contributed by atoms with Gasteiger partial charge in [0.05, 0.1) is 12.7 Å². The van der Waals surface area contributed by atoms with E-state index in [2.05, 4.69) is 46.2 Å². The van der Waals surface area contributed by atoms with E-state index in [1.54, 1.807) is 0 Å². The van der Waals surface area contributed by atoms with Gasteiger partial charge in [-0.15, -0.1) is 0 Å². The summed E-state index contributed by atoms with van der Waals surface area (Å²) in [4.78, 5) is 6.80. The number of benzene rings is 1. The number of rotatable bonds is 3. The van der Waals surface area contributed by atoms with Gasteiger partial charge in [-0.05, 0) is 36.0 Å². The van der Waals surface area contributed by atoms with E-state index in [-0.39, 0.29) is 0 Å². The molecule has 0 spiro atoms. The van der Waals surface area contributed by atoms with Crippen LogP contribution in [-0.4, -0.2) is 33.7 Å². The summed E-state index contributed by atoms with van der Waals surface area (Å²) >= 11 is 0. The number of hydrogen-bond donors (Lipinski definition) is 1. The van der Waals surface area contributed by atoms with Crippen LogP contribution in [0, 0.1) is 5.92 Å². The first-order valence-electron chi connectivity index (χ1n) is 8.24. The number of aliphatic imine (C=N–C) groups is 1. The first kappa shape index (κ1) is 15.6. The minimum atomic E-state index is 0.616. The summed E-state index contributed by atoms with van der Waals surface area (Å²) < 4.78 is 1.82. The molecule has 5 heteroatoms. The second-order valence-corrected chi connectivity index (χ2v) is 6.47. The van der Waals surface area contributed by atoms with Crippen molar-refractivity contribution in [2.24, 2.45) is 23.7 Å². The van der Waals surface area contributed by atoms with Gasteiger partial charge in [0, 0.05) is 31.9 Å². The number of likely N-dealkylation sites (tertiary alicyclic amines) is 1. The Morgan fingerprint density at radius 1 is 1.39 bits per heavy atom. The van der Waals surface area contributed by atoms with Crippen LogP contribution in [0.2, 0.25) is 0 Å². The Kier molecular flexibility index (Phi) is 4.65. The van der Waals surface area contributed by atoms with Crippen molar-refractivity contribution in [1.82, 2.24) is 14.7 Å². The molecule has 2 heterocycles. The lowest BCUT2D eigenvalue weighted by atomic mass is 10.0. The molecule has 1 aliphatic rings. The van der Waals surface area contributed by atoms with E-state index < -0.39 is 0 Å². The maximum absolute atomic E-state index is 6.17. The summed E-state index contributed by atoms with van der Waals surface area (Å²) in [5.41, 5.74) is 9.62. The highest BCUT2D eigenvalue weighted by atomic mass is 15.3. The number of nitrogens with two attached hydrogens (primary N) is 1. The topological polar surface area (TPSA) is 59.4 Å². The fourth-order valence-electron chi connectivity index (χ4n) is 3.09. The van der Waals surface area contributed by atoms with Crippen molar-refractivity contribution < 1.29 is 0 Å². The van der Waals surface area contributed by atoms with Crippen molar-refractivity contribution in [2.75, 3.05) is 13.1 Å². The van der Waals surface area contributed by atoms with Gasteiger partial charge in [-0.1, -0.05) is 25.1 Å². The van der Waals surface area contributed by atoms with E-state index in [9.17, 15) is 0 Å². The number of hydrogen-bond acceptors (Lipinski definition) is 2. The number of nitrogens with zero attached hydrogens (tertiary/aromatic N) is 4. The molecule has 1 fully saturated rings. The first-order chi connectivity index (χ1) is 11.1. The number of aromatic nitrogens is 2. The Hall–Kier alpha value is -2.30. The Balaban J connectivity index is 1.69. The SMILES string of the molecule is CC1CCCN(C(N)=NCc2cccc(-c3cnn(C)c3)c2)C1. The molecule has 1 unspecified atom stereocenters. The van der Waals surface area contributed by atoms with Crippen LogP contribution in [0.3, 0.4) is 0 Å². The van der Waals surface area contributed by atoms with Crippen LogP contribution >= 0.6 is 0 Å². The molecular formula is C18H25N5. The zero-order valence-corrected chi connectivity index (χ0v) is 13.9. The fourth-order valence-corrected chi connectivity index (χ4v) is 3.09. The quantitative estimate of drug-likeness (QED) is 0.700. The lowest BCUT2D eigenvalue weighted by Gasteiger charge is -2.31. The smallest absolute Gasteiger partial charge is 0.191 e. The molecule has 1 atom stereocenters. The third-order valence-corrected chi connectivity index (χ3v) is 4.37. The van der Waals surface area contributed by atoms with Crippen LogP contribution in [0.25, 0.3) is 11.1 Å². The van der Waals surface area contributed by atoms with Crippen LogP contribution in [0.5, 0.6) is 0 Å². The van der Waals surface area contributed by atoms with E-state index in [0.29, 0.717) is 18.4 Å². The van der Waals surface area contributed by atoms with Crippen LogP contribution in [0.15, 0.2) is 41.7 Å². The maximum atomic E-state index is 6.17. The van der Waals surface area contributed by atoms with Gasteiger partial charge < -0.3 is 10.6 Å². The Morgan fingerprint density at radius 2 is 2.26 bits per heavy atom. The van der Waals surface area contributed by atoms with Crippen molar-refractivity contribution in [3.05, 3.63) is 42.2 Å². The molecule has 0 bridgehead atoms. The third-order valence-electron chi connectivity index (χ3n) is 4.37. The van der Waals surface area contributed by atoms with Crippen molar-refractivity contribution >= 4 is 5.96 Å². The average Bonchev–Trinajstić information content (AvgIpc) is 2.99. The summed E-state index contributed by atoms with van der Waals surface area (Å²) in [6.07, 6.45) is 6.39. The van der Waals surface area contributed by atoms with Crippen molar-refractivity contribution in [2.45, 2.75) is 26.3 Å². The Morgan fingerprint density at radius 3 is 3.00 bits per heavy atom. The summed E-state index contributed by atoms with van der Waals surface area (Å²) in [6.45, 7) is 4.93. The second-order valence-electron chi connectivity index (χ2n) is 6.47. The fraction of sp³-hybridized carbons (Fsp3) is 0.444. The summed E-state index contributed by atoms with van der Waals surface area (Å²) in [6, 6.07) is 8.41.